The molecule has 126 valence electrons. The molecular formula is C18H19BrN2O3. The molecule has 1 aliphatic heterocycles. The van der Waals surface area contributed by atoms with Crippen molar-refractivity contribution in [2.45, 2.75) is 32.6 Å². The molecule has 3 rings (SSSR count). The van der Waals surface area contributed by atoms with Crippen molar-refractivity contribution in [2.75, 3.05) is 16.8 Å². The molecule has 1 aromatic heterocycles. The molecule has 2 aromatic rings. The number of nitrogens with zero attached hydrogens (tertiary/aromatic N) is 1. The van der Waals surface area contributed by atoms with Gasteiger partial charge >= 0.3 is 0 Å². The van der Waals surface area contributed by atoms with Gasteiger partial charge < -0.3 is 14.6 Å². The van der Waals surface area contributed by atoms with Crippen molar-refractivity contribution in [2.24, 2.45) is 0 Å². The van der Waals surface area contributed by atoms with E-state index in [0.717, 1.165) is 30.6 Å². The SMILES string of the molecule is CCCCN1C(=O)CCc2cc(NC(=O)c3ccc(Br)o3)ccc21. The van der Waals surface area contributed by atoms with Gasteiger partial charge in [-0.25, -0.2) is 0 Å². The Morgan fingerprint density at radius 1 is 1.29 bits per heavy atom. The molecule has 1 aliphatic rings. The van der Waals surface area contributed by atoms with Gasteiger partial charge in [0, 0.05) is 24.3 Å². The second-order valence-corrected chi connectivity index (χ2v) is 6.58. The Kier molecular flexibility index (Phi) is 5.04. The molecule has 24 heavy (non-hydrogen) atoms. The smallest absolute Gasteiger partial charge is 0.291 e. The maximum atomic E-state index is 12.2. The lowest BCUT2D eigenvalue weighted by atomic mass is 10.00. The van der Waals surface area contributed by atoms with Crippen LogP contribution in [0.4, 0.5) is 11.4 Å². The van der Waals surface area contributed by atoms with Crippen LogP contribution in [-0.2, 0) is 11.2 Å². The highest BCUT2D eigenvalue weighted by Crippen LogP contribution is 2.31. The molecule has 6 heteroatoms. The molecular weight excluding hydrogens is 372 g/mol. The monoisotopic (exact) mass is 390 g/mol. The Hall–Kier alpha value is -2.08. The molecule has 1 aromatic carbocycles. The van der Waals surface area contributed by atoms with E-state index in [2.05, 4.69) is 28.2 Å². The number of rotatable bonds is 5. The van der Waals surface area contributed by atoms with E-state index >= 15 is 0 Å². The van der Waals surface area contributed by atoms with Gasteiger partial charge in [0.15, 0.2) is 10.4 Å². The molecule has 1 N–H and O–H groups in total. The zero-order valence-corrected chi connectivity index (χ0v) is 15.1. The first-order chi connectivity index (χ1) is 11.6. The fourth-order valence-electron chi connectivity index (χ4n) is 2.83. The number of nitrogens with one attached hydrogen (secondary N) is 1. The summed E-state index contributed by atoms with van der Waals surface area (Å²) in [6, 6.07) is 8.97. The van der Waals surface area contributed by atoms with Crippen LogP contribution in [0.2, 0.25) is 0 Å². The van der Waals surface area contributed by atoms with Crippen molar-refractivity contribution in [3.8, 4) is 0 Å². The second-order valence-electron chi connectivity index (χ2n) is 5.80. The summed E-state index contributed by atoms with van der Waals surface area (Å²) < 4.78 is 5.77. The van der Waals surface area contributed by atoms with E-state index in [1.54, 1.807) is 12.1 Å². The average Bonchev–Trinajstić information content (AvgIpc) is 3.01. The van der Waals surface area contributed by atoms with E-state index in [1.807, 2.05) is 23.1 Å². The van der Waals surface area contributed by atoms with Gasteiger partial charge in [-0.2, -0.15) is 0 Å². The van der Waals surface area contributed by atoms with E-state index in [0.29, 0.717) is 23.2 Å². The average molecular weight is 391 g/mol. The zero-order chi connectivity index (χ0) is 17.1. The summed E-state index contributed by atoms with van der Waals surface area (Å²) in [6.07, 6.45) is 3.25. The van der Waals surface area contributed by atoms with Gasteiger partial charge in [-0.05, 0) is 64.7 Å². The minimum absolute atomic E-state index is 0.174. The third kappa shape index (κ3) is 3.53. The van der Waals surface area contributed by atoms with E-state index < -0.39 is 0 Å². The van der Waals surface area contributed by atoms with Crippen LogP contribution in [0.3, 0.4) is 0 Å². The van der Waals surface area contributed by atoms with Gasteiger partial charge in [0.25, 0.3) is 5.91 Å². The minimum atomic E-state index is -0.296. The third-order valence-corrected chi connectivity index (χ3v) is 4.50. The van der Waals surface area contributed by atoms with Crippen LogP contribution in [0, 0.1) is 0 Å². The van der Waals surface area contributed by atoms with Crippen molar-refractivity contribution in [3.05, 3.63) is 46.3 Å². The number of anilines is 2. The Balaban J connectivity index is 1.78. The summed E-state index contributed by atoms with van der Waals surface area (Å²) in [5.74, 6) is 0.128. The van der Waals surface area contributed by atoms with Gasteiger partial charge in [-0.15, -0.1) is 0 Å². The van der Waals surface area contributed by atoms with Crippen LogP contribution in [0.15, 0.2) is 39.4 Å². The maximum absolute atomic E-state index is 12.2. The molecule has 0 spiro atoms. The number of hydrogen-bond donors (Lipinski definition) is 1. The molecule has 0 fully saturated rings. The number of halogens is 1. The van der Waals surface area contributed by atoms with Gasteiger partial charge in [-0.3, -0.25) is 9.59 Å². The third-order valence-electron chi connectivity index (χ3n) is 4.07. The largest absolute Gasteiger partial charge is 0.444 e. The Morgan fingerprint density at radius 2 is 2.12 bits per heavy atom. The molecule has 0 radical (unpaired) electrons. The number of carbonyl (C=O) groups excluding carboxylic acids is 2. The normalized spacial score (nSPS) is 13.8. The molecule has 2 amide bonds. The number of hydrogen-bond acceptors (Lipinski definition) is 3. The summed E-state index contributed by atoms with van der Waals surface area (Å²) in [6.45, 7) is 2.86. The van der Waals surface area contributed by atoms with Crippen molar-refractivity contribution >= 4 is 39.1 Å². The zero-order valence-electron chi connectivity index (χ0n) is 13.5. The summed E-state index contributed by atoms with van der Waals surface area (Å²) in [5.41, 5.74) is 2.75. The van der Waals surface area contributed by atoms with Crippen molar-refractivity contribution < 1.29 is 14.0 Å². The molecule has 0 atom stereocenters. The number of benzene rings is 1. The van der Waals surface area contributed by atoms with Crippen LogP contribution in [-0.4, -0.2) is 18.4 Å². The van der Waals surface area contributed by atoms with Crippen LogP contribution < -0.4 is 10.2 Å². The fraction of sp³-hybridized carbons (Fsp3) is 0.333. The maximum Gasteiger partial charge on any atom is 0.291 e. The van der Waals surface area contributed by atoms with Crippen LogP contribution in [0.1, 0.15) is 42.3 Å². The summed E-state index contributed by atoms with van der Waals surface area (Å²) >= 11 is 3.18. The molecule has 0 saturated carbocycles. The van der Waals surface area contributed by atoms with Gasteiger partial charge in [-0.1, -0.05) is 13.3 Å². The number of amides is 2. The molecule has 0 saturated heterocycles. The standard InChI is InChI=1S/C18H19BrN2O3/c1-2-3-10-21-14-6-5-13(11-12(14)4-9-17(21)22)20-18(23)15-7-8-16(19)24-15/h5-8,11H,2-4,9-10H2,1H3,(H,20,23). The van der Waals surface area contributed by atoms with Crippen molar-refractivity contribution in [1.82, 2.24) is 0 Å². The highest BCUT2D eigenvalue weighted by molar-refractivity contribution is 9.10. The lowest BCUT2D eigenvalue weighted by Gasteiger charge is -2.29. The summed E-state index contributed by atoms with van der Waals surface area (Å²) in [4.78, 5) is 26.2. The van der Waals surface area contributed by atoms with E-state index in [1.165, 1.54) is 0 Å². The fourth-order valence-corrected chi connectivity index (χ4v) is 3.13. The Morgan fingerprint density at radius 3 is 2.83 bits per heavy atom. The summed E-state index contributed by atoms with van der Waals surface area (Å²) in [5, 5.41) is 2.83. The van der Waals surface area contributed by atoms with Crippen LogP contribution in [0.5, 0.6) is 0 Å². The minimum Gasteiger partial charge on any atom is -0.444 e. The first kappa shape index (κ1) is 16.8. The van der Waals surface area contributed by atoms with Crippen LogP contribution >= 0.6 is 15.9 Å². The number of fused-ring (bicyclic) bond motifs is 1. The van der Waals surface area contributed by atoms with Gasteiger partial charge in [0.05, 0.1) is 0 Å². The predicted octanol–water partition coefficient (Wildman–Crippen LogP) is 4.37. The molecule has 0 bridgehead atoms. The highest BCUT2D eigenvalue weighted by Gasteiger charge is 2.24. The number of unbranched alkanes of at least 4 members (excludes halogenated alkanes) is 1. The molecule has 2 heterocycles. The molecule has 0 unspecified atom stereocenters. The first-order valence-electron chi connectivity index (χ1n) is 8.08. The lowest BCUT2D eigenvalue weighted by Crippen LogP contribution is -2.35. The first-order valence-corrected chi connectivity index (χ1v) is 8.87. The van der Waals surface area contributed by atoms with Gasteiger partial charge in [0.2, 0.25) is 5.91 Å². The summed E-state index contributed by atoms with van der Waals surface area (Å²) in [7, 11) is 0. The number of carbonyl (C=O) groups is 2. The number of aryl methyl sites for hydroxylation is 1. The van der Waals surface area contributed by atoms with Gasteiger partial charge in [0.1, 0.15) is 0 Å². The van der Waals surface area contributed by atoms with Crippen molar-refractivity contribution in [3.63, 3.8) is 0 Å². The topological polar surface area (TPSA) is 62.6 Å². The quantitative estimate of drug-likeness (QED) is 0.823. The van der Waals surface area contributed by atoms with E-state index in [9.17, 15) is 9.59 Å². The van der Waals surface area contributed by atoms with E-state index in [-0.39, 0.29) is 17.6 Å². The van der Waals surface area contributed by atoms with Crippen LogP contribution in [0.25, 0.3) is 0 Å². The Bertz CT molecular complexity index is 769. The lowest BCUT2D eigenvalue weighted by molar-refractivity contribution is -0.118. The second kappa shape index (κ2) is 7.21. The Labute approximate surface area is 149 Å². The molecule has 0 aliphatic carbocycles. The van der Waals surface area contributed by atoms with Crippen molar-refractivity contribution in [1.29, 1.82) is 0 Å². The predicted molar refractivity (Wildman–Crippen MR) is 96.4 cm³/mol. The molecule has 5 nitrogen and oxygen atoms in total. The highest BCUT2D eigenvalue weighted by atomic mass is 79.9. The van der Waals surface area contributed by atoms with E-state index in [4.69, 9.17) is 4.42 Å². The number of furan rings is 1.